The van der Waals surface area contributed by atoms with Gasteiger partial charge in [-0.15, -0.1) is 11.3 Å². The molecule has 2 rings (SSSR count). The van der Waals surface area contributed by atoms with Crippen LogP contribution >= 0.6 is 34.5 Å². The third-order valence-corrected chi connectivity index (χ3v) is 4.64. The largest absolute Gasteiger partial charge is 0.312 e. The molecule has 0 atom stereocenters. The molecular weight excluding hydrogens is 297 g/mol. The SMILES string of the molecule is Cc1cc(CNCCc2ccc(Cl)cc2Cl)c(C)s1. The molecule has 4 heteroatoms. The van der Waals surface area contributed by atoms with Gasteiger partial charge in [-0.05, 0) is 56.1 Å². The molecule has 19 heavy (non-hydrogen) atoms. The first-order valence-electron chi connectivity index (χ1n) is 6.27. The van der Waals surface area contributed by atoms with Crippen molar-refractivity contribution in [2.75, 3.05) is 6.54 Å². The lowest BCUT2D eigenvalue weighted by atomic mass is 10.1. The van der Waals surface area contributed by atoms with Crippen LogP contribution in [0.25, 0.3) is 0 Å². The zero-order valence-corrected chi connectivity index (χ0v) is 13.4. The maximum Gasteiger partial charge on any atom is 0.0453 e. The standard InChI is InChI=1S/C15H17Cl2NS/c1-10-7-13(11(2)19-10)9-18-6-5-12-3-4-14(16)8-15(12)17/h3-4,7-8,18H,5-6,9H2,1-2H3. The first-order valence-corrected chi connectivity index (χ1v) is 7.84. The van der Waals surface area contributed by atoms with E-state index >= 15 is 0 Å². The van der Waals surface area contributed by atoms with Crippen molar-refractivity contribution in [3.8, 4) is 0 Å². The highest BCUT2D eigenvalue weighted by Crippen LogP contribution is 2.22. The number of halogens is 2. The Morgan fingerprint density at radius 2 is 1.89 bits per heavy atom. The minimum atomic E-state index is 0.686. The molecule has 0 unspecified atom stereocenters. The Labute approximate surface area is 128 Å². The fraction of sp³-hybridized carbons (Fsp3) is 0.333. The Bertz CT molecular complexity index is 563. The van der Waals surface area contributed by atoms with Gasteiger partial charge in [-0.3, -0.25) is 0 Å². The predicted octanol–water partition coefficient (Wildman–Crippen LogP) is 5.00. The summed E-state index contributed by atoms with van der Waals surface area (Å²) in [4.78, 5) is 2.77. The second-order valence-corrected chi connectivity index (χ2v) is 6.91. The van der Waals surface area contributed by atoms with E-state index in [-0.39, 0.29) is 0 Å². The Balaban J connectivity index is 1.82. The van der Waals surface area contributed by atoms with Crippen molar-refractivity contribution in [2.24, 2.45) is 0 Å². The number of thiophene rings is 1. The Morgan fingerprint density at radius 3 is 2.53 bits per heavy atom. The number of benzene rings is 1. The third-order valence-electron chi connectivity index (χ3n) is 3.05. The van der Waals surface area contributed by atoms with Gasteiger partial charge in [-0.1, -0.05) is 29.3 Å². The molecule has 0 radical (unpaired) electrons. The number of hydrogen-bond donors (Lipinski definition) is 1. The van der Waals surface area contributed by atoms with Crippen molar-refractivity contribution in [1.29, 1.82) is 0 Å². The summed E-state index contributed by atoms with van der Waals surface area (Å²) in [5.74, 6) is 0. The molecule has 0 amide bonds. The molecule has 2 aromatic rings. The maximum absolute atomic E-state index is 6.14. The summed E-state index contributed by atoms with van der Waals surface area (Å²) in [7, 11) is 0. The second-order valence-electron chi connectivity index (χ2n) is 4.60. The van der Waals surface area contributed by atoms with Crippen LogP contribution in [0.2, 0.25) is 10.0 Å². The first kappa shape index (κ1) is 14.9. The first-order chi connectivity index (χ1) is 9.06. The molecule has 0 fully saturated rings. The quantitative estimate of drug-likeness (QED) is 0.766. The van der Waals surface area contributed by atoms with Gasteiger partial charge in [-0.2, -0.15) is 0 Å². The lowest BCUT2D eigenvalue weighted by Crippen LogP contribution is -2.16. The Hall–Kier alpha value is -0.540. The van der Waals surface area contributed by atoms with Gasteiger partial charge < -0.3 is 5.32 Å². The smallest absolute Gasteiger partial charge is 0.0453 e. The molecule has 0 spiro atoms. The maximum atomic E-state index is 6.14. The number of aryl methyl sites for hydroxylation is 2. The van der Waals surface area contributed by atoms with E-state index in [9.17, 15) is 0 Å². The molecule has 0 bridgehead atoms. The fourth-order valence-corrected chi connectivity index (χ4v) is 3.48. The van der Waals surface area contributed by atoms with E-state index in [2.05, 4.69) is 25.2 Å². The third kappa shape index (κ3) is 4.22. The van der Waals surface area contributed by atoms with Crippen LogP contribution in [0.3, 0.4) is 0 Å². The summed E-state index contributed by atoms with van der Waals surface area (Å²) in [6, 6.07) is 7.93. The van der Waals surface area contributed by atoms with E-state index in [1.807, 2.05) is 23.5 Å². The molecule has 102 valence electrons. The van der Waals surface area contributed by atoms with Gasteiger partial charge in [0.2, 0.25) is 0 Å². The summed E-state index contributed by atoms with van der Waals surface area (Å²) in [5, 5.41) is 4.89. The lowest BCUT2D eigenvalue weighted by molar-refractivity contribution is 0.686. The van der Waals surface area contributed by atoms with E-state index in [1.165, 1.54) is 15.3 Å². The molecule has 1 heterocycles. The minimum absolute atomic E-state index is 0.686. The zero-order chi connectivity index (χ0) is 13.8. The molecule has 1 aromatic heterocycles. The van der Waals surface area contributed by atoms with Crippen molar-refractivity contribution in [2.45, 2.75) is 26.8 Å². The van der Waals surface area contributed by atoms with Crippen LogP contribution in [0.1, 0.15) is 20.9 Å². The van der Waals surface area contributed by atoms with Gasteiger partial charge >= 0.3 is 0 Å². The van der Waals surface area contributed by atoms with Gasteiger partial charge in [0.15, 0.2) is 0 Å². The monoisotopic (exact) mass is 313 g/mol. The summed E-state index contributed by atoms with van der Waals surface area (Å²) in [6.45, 7) is 6.15. The molecule has 1 aromatic carbocycles. The number of nitrogens with one attached hydrogen (secondary N) is 1. The highest BCUT2D eigenvalue weighted by atomic mass is 35.5. The van der Waals surface area contributed by atoms with Gasteiger partial charge in [0.25, 0.3) is 0 Å². The van der Waals surface area contributed by atoms with Crippen LogP contribution in [-0.2, 0) is 13.0 Å². The van der Waals surface area contributed by atoms with Crippen molar-refractivity contribution >= 4 is 34.5 Å². The molecule has 0 aliphatic heterocycles. The minimum Gasteiger partial charge on any atom is -0.312 e. The molecule has 1 nitrogen and oxygen atoms in total. The Morgan fingerprint density at radius 1 is 1.11 bits per heavy atom. The average molecular weight is 314 g/mol. The van der Waals surface area contributed by atoms with E-state index in [4.69, 9.17) is 23.2 Å². The van der Waals surface area contributed by atoms with E-state index in [0.29, 0.717) is 5.02 Å². The predicted molar refractivity (Wildman–Crippen MR) is 85.7 cm³/mol. The van der Waals surface area contributed by atoms with Crippen LogP contribution in [0, 0.1) is 13.8 Å². The number of rotatable bonds is 5. The van der Waals surface area contributed by atoms with Crippen molar-refractivity contribution < 1.29 is 0 Å². The van der Waals surface area contributed by atoms with Crippen LogP contribution in [0.15, 0.2) is 24.3 Å². The summed E-state index contributed by atoms with van der Waals surface area (Å²) >= 11 is 13.9. The lowest BCUT2D eigenvalue weighted by Gasteiger charge is -2.06. The van der Waals surface area contributed by atoms with Gasteiger partial charge in [0, 0.05) is 26.3 Å². The van der Waals surface area contributed by atoms with E-state index in [1.54, 1.807) is 6.07 Å². The van der Waals surface area contributed by atoms with Crippen LogP contribution in [-0.4, -0.2) is 6.54 Å². The summed E-state index contributed by atoms with van der Waals surface area (Å²) in [5.41, 5.74) is 2.53. The van der Waals surface area contributed by atoms with Crippen LogP contribution < -0.4 is 5.32 Å². The van der Waals surface area contributed by atoms with Crippen LogP contribution in [0.4, 0.5) is 0 Å². The molecule has 0 aliphatic rings. The summed E-state index contributed by atoms with van der Waals surface area (Å²) in [6.07, 6.45) is 0.915. The van der Waals surface area contributed by atoms with Crippen LogP contribution in [0.5, 0.6) is 0 Å². The van der Waals surface area contributed by atoms with Crippen molar-refractivity contribution in [3.05, 3.63) is 55.2 Å². The topological polar surface area (TPSA) is 12.0 Å². The van der Waals surface area contributed by atoms with Gasteiger partial charge in [-0.25, -0.2) is 0 Å². The second kappa shape index (κ2) is 6.76. The number of hydrogen-bond acceptors (Lipinski definition) is 2. The highest BCUT2D eigenvalue weighted by molar-refractivity contribution is 7.12. The van der Waals surface area contributed by atoms with Crippen molar-refractivity contribution in [3.63, 3.8) is 0 Å². The molecule has 0 saturated heterocycles. The molecule has 0 saturated carbocycles. The van der Waals surface area contributed by atoms with Gasteiger partial charge in [0.1, 0.15) is 0 Å². The van der Waals surface area contributed by atoms with Crippen molar-refractivity contribution in [1.82, 2.24) is 5.32 Å². The molecular formula is C15H17Cl2NS. The molecule has 1 N–H and O–H groups in total. The summed E-state index contributed by atoms with van der Waals surface area (Å²) < 4.78 is 0. The zero-order valence-electron chi connectivity index (χ0n) is 11.1. The molecule has 0 aliphatic carbocycles. The van der Waals surface area contributed by atoms with Gasteiger partial charge in [0.05, 0.1) is 0 Å². The fourth-order valence-electron chi connectivity index (χ4n) is 2.03. The Kier molecular flexibility index (Phi) is 5.28. The average Bonchev–Trinajstić information content (AvgIpc) is 2.65. The normalized spacial score (nSPS) is 10.9. The highest BCUT2D eigenvalue weighted by Gasteiger charge is 2.03. The van der Waals surface area contributed by atoms with E-state index < -0.39 is 0 Å². The van der Waals surface area contributed by atoms with E-state index in [0.717, 1.165) is 30.1 Å².